The summed E-state index contributed by atoms with van der Waals surface area (Å²) in [5, 5.41) is 9.10. The van der Waals surface area contributed by atoms with Gasteiger partial charge in [-0.25, -0.2) is 4.79 Å². The molecule has 0 saturated carbocycles. The van der Waals surface area contributed by atoms with Gasteiger partial charge in [0.2, 0.25) is 0 Å². The number of benzene rings is 1. The second kappa shape index (κ2) is 4.11. The number of hydrogen-bond donors (Lipinski definition) is 1. The van der Waals surface area contributed by atoms with E-state index in [1.165, 1.54) is 19.2 Å². The topological polar surface area (TPSA) is 63.6 Å². The van der Waals surface area contributed by atoms with Crippen molar-refractivity contribution in [1.29, 1.82) is 0 Å². The Morgan fingerprint density at radius 1 is 1.57 bits per heavy atom. The van der Waals surface area contributed by atoms with E-state index in [4.69, 9.17) is 11.6 Å². The Morgan fingerprint density at radius 2 is 2.21 bits per heavy atom. The minimum atomic E-state index is -0.655. The second-order valence-corrected chi connectivity index (χ2v) is 2.85. The van der Waals surface area contributed by atoms with E-state index in [-0.39, 0.29) is 21.9 Å². The van der Waals surface area contributed by atoms with E-state index < -0.39 is 5.97 Å². The maximum absolute atomic E-state index is 11.1. The molecule has 0 spiro atoms. The van der Waals surface area contributed by atoms with Crippen molar-refractivity contribution in [2.45, 2.75) is 0 Å². The predicted molar refractivity (Wildman–Crippen MR) is 49.8 cm³/mol. The highest BCUT2D eigenvalue weighted by atomic mass is 35.5. The van der Waals surface area contributed by atoms with Gasteiger partial charge in [-0.2, -0.15) is 0 Å². The SMILES string of the molecule is COC(=O)c1ccc(O)c(C=O)c1Cl. The molecule has 0 radical (unpaired) electrons. The van der Waals surface area contributed by atoms with Crippen molar-refractivity contribution in [3.63, 3.8) is 0 Å². The average molecular weight is 215 g/mol. The van der Waals surface area contributed by atoms with Gasteiger partial charge in [-0.05, 0) is 12.1 Å². The van der Waals surface area contributed by atoms with Gasteiger partial charge in [0, 0.05) is 0 Å². The lowest BCUT2D eigenvalue weighted by Crippen LogP contribution is -2.03. The number of hydrogen-bond acceptors (Lipinski definition) is 4. The molecule has 1 aromatic rings. The van der Waals surface area contributed by atoms with Crippen LogP contribution in [-0.4, -0.2) is 24.5 Å². The summed E-state index contributed by atoms with van der Waals surface area (Å²) in [7, 11) is 1.20. The lowest BCUT2D eigenvalue weighted by molar-refractivity contribution is 0.0601. The molecular weight excluding hydrogens is 208 g/mol. The van der Waals surface area contributed by atoms with Crippen molar-refractivity contribution < 1.29 is 19.4 Å². The third-order valence-electron chi connectivity index (χ3n) is 1.68. The van der Waals surface area contributed by atoms with Crippen molar-refractivity contribution in [2.75, 3.05) is 7.11 Å². The zero-order valence-corrected chi connectivity index (χ0v) is 8.04. The molecule has 1 aromatic carbocycles. The van der Waals surface area contributed by atoms with Crippen LogP contribution in [0.2, 0.25) is 5.02 Å². The summed E-state index contributed by atoms with van der Waals surface area (Å²) in [5.41, 5.74) is -0.0661. The number of phenolic OH excluding ortho intramolecular Hbond substituents is 1. The summed E-state index contributed by atoms with van der Waals surface area (Å²) in [5.74, 6) is -0.921. The van der Waals surface area contributed by atoms with E-state index in [9.17, 15) is 14.7 Å². The third kappa shape index (κ3) is 1.70. The Hall–Kier alpha value is -1.55. The molecule has 0 heterocycles. The van der Waals surface area contributed by atoms with Crippen molar-refractivity contribution >= 4 is 23.9 Å². The molecule has 0 aliphatic rings. The molecule has 0 aliphatic heterocycles. The third-order valence-corrected chi connectivity index (χ3v) is 2.09. The first-order valence-corrected chi connectivity index (χ1v) is 4.04. The quantitative estimate of drug-likeness (QED) is 0.601. The van der Waals surface area contributed by atoms with Gasteiger partial charge in [-0.1, -0.05) is 11.6 Å². The fourth-order valence-corrected chi connectivity index (χ4v) is 1.24. The molecule has 14 heavy (non-hydrogen) atoms. The molecule has 0 unspecified atom stereocenters. The molecule has 1 N–H and O–H groups in total. The summed E-state index contributed by atoms with van der Waals surface area (Å²) in [6.07, 6.45) is 0.379. The molecular formula is C9H7ClO4. The fourth-order valence-electron chi connectivity index (χ4n) is 0.962. The lowest BCUT2D eigenvalue weighted by atomic mass is 10.1. The molecule has 0 aliphatic carbocycles. The monoisotopic (exact) mass is 214 g/mol. The number of halogens is 1. The van der Waals surface area contributed by atoms with Gasteiger partial charge in [-0.3, -0.25) is 4.79 Å². The van der Waals surface area contributed by atoms with Crippen LogP contribution in [0.3, 0.4) is 0 Å². The van der Waals surface area contributed by atoms with Crippen LogP contribution in [0, 0.1) is 0 Å². The van der Waals surface area contributed by atoms with Crippen molar-refractivity contribution in [1.82, 2.24) is 0 Å². The summed E-state index contributed by atoms with van der Waals surface area (Å²) in [6.45, 7) is 0. The van der Waals surface area contributed by atoms with Gasteiger partial charge in [-0.15, -0.1) is 0 Å². The molecule has 0 bridgehead atoms. The van der Waals surface area contributed by atoms with E-state index in [1.54, 1.807) is 0 Å². The molecule has 0 saturated heterocycles. The van der Waals surface area contributed by atoms with Gasteiger partial charge < -0.3 is 9.84 Å². The summed E-state index contributed by atoms with van der Waals surface area (Å²) >= 11 is 5.70. The van der Waals surface area contributed by atoms with Crippen LogP contribution in [0.4, 0.5) is 0 Å². The summed E-state index contributed by atoms with van der Waals surface area (Å²) < 4.78 is 4.44. The van der Waals surface area contributed by atoms with Gasteiger partial charge in [0.1, 0.15) is 5.75 Å². The van der Waals surface area contributed by atoms with Crippen LogP contribution in [0.5, 0.6) is 5.75 Å². The minimum absolute atomic E-state index is 0.0501. The first-order valence-electron chi connectivity index (χ1n) is 3.66. The zero-order chi connectivity index (χ0) is 10.7. The van der Waals surface area contributed by atoms with Crippen LogP contribution < -0.4 is 0 Å². The standard InChI is InChI=1S/C9H7ClO4/c1-14-9(13)5-2-3-7(12)6(4-11)8(5)10/h2-4,12H,1H3. The number of carbonyl (C=O) groups is 2. The van der Waals surface area contributed by atoms with Crippen LogP contribution in [0.25, 0.3) is 0 Å². The molecule has 5 heteroatoms. The van der Waals surface area contributed by atoms with E-state index in [2.05, 4.69) is 4.74 Å². The molecule has 0 aromatic heterocycles. The maximum atomic E-state index is 11.1. The van der Waals surface area contributed by atoms with E-state index in [0.29, 0.717) is 6.29 Å². The highest BCUT2D eigenvalue weighted by Gasteiger charge is 2.16. The van der Waals surface area contributed by atoms with Crippen molar-refractivity contribution in [3.05, 3.63) is 28.3 Å². The summed E-state index contributed by atoms with van der Waals surface area (Å²) in [4.78, 5) is 21.6. The Bertz CT molecular complexity index is 387. The van der Waals surface area contributed by atoms with Crippen LogP contribution in [-0.2, 0) is 4.74 Å². The number of aldehydes is 1. The minimum Gasteiger partial charge on any atom is -0.507 e. The van der Waals surface area contributed by atoms with Gasteiger partial charge in [0.25, 0.3) is 0 Å². The largest absolute Gasteiger partial charge is 0.507 e. The predicted octanol–water partition coefficient (Wildman–Crippen LogP) is 1.64. The zero-order valence-electron chi connectivity index (χ0n) is 7.28. The number of carbonyl (C=O) groups excluding carboxylic acids is 2. The highest BCUT2D eigenvalue weighted by molar-refractivity contribution is 6.36. The van der Waals surface area contributed by atoms with Crippen molar-refractivity contribution in [3.8, 4) is 5.75 Å². The Kier molecular flexibility index (Phi) is 3.09. The van der Waals surface area contributed by atoms with E-state index in [1.807, 2.05) is 0 Å². The van der Waals surface area contributed by atoms with Crippen LogP contribution in [0.15, 0.2) is 12.1 Å². The molecule has 0 atom stereocenters. The number of phenols is 1. The van der Waals surface area contributed by atoms with Crippen LogP contribution in [0.1, 0.15) is 20.7 Å². The van der Waals surface area contributed by atoms with E-state index in [0.717, 1.165) is 0 Å². The fraction of sp³-hybridized carbons (Fsp3) is 0.111. The lowest BCUT2D eigenvalue weighted by Gasteiger charge is -2.05. The average Bonchev–Trinajstić information content (AvgIpc) is 2.18. The summed E-state index contributed by atoms with van der Waals surface area (Å²) in [6, 6.07) is 2.50. The molecule has 0 fully saturated rings. The maximum Gasteiger partial charge on any atom is 0.339 e. The number of methoxy groups -OCH3 is 1. The molecule has 0 amide bonds. The van der Waals surface area contributed by atoms with Crippen LogP contribution >= 0.6 is 11.6 Å². The van der Waals surface area contributed by atoms with Gasteiger partial charge in [0.15, 0.2) is 6.29 Å². The normalized spacial score (nSPS) is 9.57. The Balaban J connectivity index is 3.35. The Labute approximate surface area is 85.1 Å². The number of esters is 1. The second-order valence-electron chi connectivity index (χ2n) is 2.47. The molecule has 4 nitrogen and oxygen atoms in total. The molecule has 74 valence electrons. The first-order chi connectivity index (χ1) is 6.61. The smallest absolute Gasteiger partial charge is 0.339 e. The van der Waals surface area contributed by atoms with Gasteiger partial charge in [0.05, 0.1) is 23.3 Å². The highest BCUT2D eigenvalue weighted by Crippen LogP contribution is 2.27. The number of rotatable bonds is 2. The van der Waals surface area contributed by atoms with Gasteiger partial charge >= 0.3 is 5.97 Å². The van der Waals surface area contributed by atoms with E-state index >= 15 is 0 Å². The Morgan fingerprint density at radius 3 is 2.71 bits per heavy atom. The van der Waals surface area contributed by atoms with Crippen molar-refractivity contribution in [2.24, 2.45) is 0 Å². The molecule has 1 rings (SSSR count). The number of ether oxygens (including phenoxy) is 1. The number of aromatic hydroxyl groups is 1. The first kappa shape index (κ1) is 10.5.